The molecule has 1 N–H and O–H groups in total. The van der Waals surface area contributed by atoms with Crippen molar-refractivity contribution in [2.24, 2.45) is 11.8 Å². The van der Waals surface area contributed by atoms with Gasteiger partial charge in [0.1, 0.15) is 0 Å². The van der Waals surface area contributed by atoms with Crippen LogP contribution < -0.4 is 5.32 Å². The zero-order valence-electron chi connectivity index (χ0n) is 16.6. The van der Waals surface area contributed by atoms with Crippen LogP contribution in [0.1, 0.15) is 42.9 Å². The van der Waals surface area contributed by atoms with Crippen LogP contribution in [0, 0.1) is 11.8 Å². The molecule has 2 aromatic carbocycles. The van der Waals surface area contributed by atoms with Gasteiger partial charge in [-0.15, -0.1) is 0 Å². The van der Waals surface area contributed by atoms with Gasteiger partial charge >= 0.3 is 0 Å². The van der Waals surface area contributed by atoms with E-state index in [1.54, 1.807) is 0 Å². The van der Waals surface area contributed by atoms with Crippen molar-refractivity contribution >= 4 is 5.91 Å². The third-order valence-corrected chi connectivity index (χ3v) is 5.83. The maximum atomic E-state index is 12.2. The van der Waals surface area contributed by atoms with Gasteiger partial charge in [0.15, 0.2) is 0 Å². The number of nitrogens with one attached hydrogen (secondary N) is 1. The number of carbonyl (C=O) groups excluding carboxylic acids is 1. The number of benzene rings is 2. The van der Waals surface area contributed by atoms with E-state index in [4.69, 9.17) is 0 Å². The van der Waals surface area contributed by atoms with E-state index in [1.165, 1.54) is 31.2 Å². The summed E-state index contributed by atoms with van der Waals surface area (Å²) in [5.74, 6) is 1.44. The van der Waals surface area contributed by atoms with E-state index >= 15 is 0 Å². The molecular formula is C24H32N2O. The highest BCUT2D eigenvalue weighted by atomic mass is 16.1. The normalized spacial score (nSPS) is 21.0. The van der Waals surface area contributed by atoms with Crippen molar-refractivity contribution in [3.8, 4) is 0 Å². The summed E-state index contributed by atoms with van der Waals surface area (Å²) in [6.45, 7) is 0.816. The lowest BCUT2D eigenvalue weighted by Crippen LogP contribution is -2.35. The van der Waals surface area contributed by atoms with E-state index in [0.717, 1.165) is 12.1 Å². The second-order valence-corrected chi connectivity index (χ2v) is 8.07. The first-order valence-electron chi connectivity index (χ1n) is 10.2. The van der Waals surface area contributed by atoms with Crippen LogP contribution in [0.2, 0.25) is 0 Å². The summed E-state index contributed by atoms with van der Waals surface area (Å²) in [5.41, 5.74) is 2.50. The van der Waals surface area contributed by atoms with Crippen molar-refractivity contribution in [3.05, 3.63) is 71.8 Å². The molecule has 3 heteroatoms. The molecule has 2 aromatic rings. The molecule has 0 aromatic heterocycles. The van der Waals surface area contributed by atoms with Gasteiger partial charge in [-0.2, -0.15) is 0 Å². The van der Waals surface area contributed by atoms with E-state index in [-0.39, 0.29) is 5.91 Å². The predicted octanol–water partition coefficient (Wildman–Crippen LogP) is 4.45. The first kappa shape index (κ1) is 19.6. The van der Waals surface area contributed by atoms with Crippen LogP contribution in [0.15, 0.2) is 60.7 Å². The maximum absolute atomic E-state index is 12.2. The van der Waals surface area contributed by atoms with Crippen LogP contribution in [0.4, 0.5) is 0 Å². The number of hydrogen-bond acceptors (Lipinski definition) is 2. The highest BCUT2D eigenvalue weighted by Gasteiger charge is 2.29. The van der Waals surface area contributed by atoms with Gasteiger partial charge in [-0.3, -0.25) is 4.79 Å². The maximum Gasteiger partial charge on any atom is 0.224 e. The summed E-state index contributed by atoms with van der Waals surface area (Å²) in [6.07, 6.45) is 5.35. The SMILES string of the molecule is CN(C)C(c1ccccc1)C1CCC(CNC(=O)Cc2ccccc2)CC1. The molecule has 1 fully saturated rings. The molecule has 1 saturated carbocycles. The number of hydrogen-bond donors (Lipinski definition) is 1. The summed E-state index contributed by atoms with van der Waals surface area (Å²) in [4.78, 5) is 14.5. The minimum absolute atomic E-state index is 0.138. The lowest BCUT2D eigenvalue weighted by Gasteiger charge is -2.37. The molecule has 0 bridgehead atoms. The third-order valence-electron chi connectivity index (χ3n) is 5.83. The summed E-state index contributed by atoms with van der Waals surface area (Å²) >= 11 is 0. The minimum atomic E-state index is 0.138. The smallest absolute Gasteiger partial charge is 0.224 e. The first-order chi connectivity index (χ1) is 13.1. The number of nitrogens with zero attached hydrogens (tertiary/aromatic N) is 1. The molecule has 3 nitrogen and oxygen atoms in total. The second kappa shape index (κ2) is 9.70. The minimum Gasteiger partial charge on any atom is -0.356 e. The molecule has 27 heavy (non-hydrogen) atoms. The molecule has 3 rings (SSSR count). The second-order valence-electron chi connectivity index (χ2n) is 8.07. The topological polar surface area (TPSA) is 32.3 Å². The van der Waals surface area contributed by atoms with Gasteiger partial charge in [-0.1, -0.05) is 60.7 Å². The van der Waals surface area contributed by atoms with Crippen LogP contribution in [-0.4, -0.2) is 31.4 Å². The van der Waals surface area contributed by atoms with E-state index in [0.29, 0.717) is 24.3 Å². The molecule has 0 radical (unpaired) electrons. The highest BCUT2D eigenvalue weighted by Crippen LogP contribution is 2.39. The van der Waals surface area contributed by atoms with Crippen LogP contribution in [0.25, 0.3) is 0 Å². The highest BCUT2D eigenvalue weighted by molar-refractivity contribution is 5.78. The van der Waals surface area contributed by atoms with E-state index in [2.05, 4.69) is 54.6 Å². The van der Waals surface area contributed by atoms with Crippen molar-refractivity contribution in [1.82, 2.24) is 10.2 Å². The number of amides is 1. The molecule has 1 amide bonds. The molecule has 144 valence electrons. The van der Waals surface area contributed by atoms with Crippen molar-refractivity contribution in [1.29, 1.82) is 0 Å². The molecule has 0 heterocycles. The lowest BCUT2D eigenvalue weighted by atomic mass is 9.76. The number of rotatable bonds is 7. The Morgan fingerprint density at radius 3 is 2.15 bits per heavy atom. The molecule has 1 atom stereocenters. The van der Waals surface area contributed by atoms with Crippen LogP contribution in [0.5, 0.6) is 0 Å². The Morgan fingerprint density at radius 2 is 1.56 bits per heavy atom. The fourth-order valence-corrected chi connectivity index (χ4v) is 4.45. The van der Waals surface area contributed by atoms with Gasteiger partial charge in [0.2, 0.25) is 5.91 Å². The van der Waals surface area contributed by atoms with Gasteiger partial charge in [0, 0.05) is 12.6 Å². The summed E-state index contributed by atoms with van der Waals surface area (Å²) in [7, 11) is 4.38. The standard InChI is InChI=1S/C24H32N2O/c1-26(2)24(21-11-7-4-8-12-21)22-15-13-20(14-16-22)18-25-23(27)17-19-9-5-3-6-10-19/h3-12,20,22,24H,13-18H2,1-2H3,(H,25,27). The van der Waals surface area contributed by atoms with Gasteiger partial charge in [-0.25, -0.2) is 0 Å². The van der Waals surface area contributed by atoms with Crippen molar-refractivity contribution in [3.63, 3.8) is 0 Å². The molecule has 1 aliphatic rings. The van der Waals surface area contributed by atoms with Crippen LogP contribution >= 0.6 is 0 Å². The largest absolute Gasteiger partial charge is 0.356 e. The van der Waals surface area contributed by atoms with E-state index in [1.807, 2.05) is 30.3 Å². The fourth-order valence-electron chi connectivity index (χ4n) is 4.45. The molecule has 1 aliphatic carbocycles. The van der Waals surface area contributed by atoms with E-state index < -0.39 is 0 Å². The lowest BCUT2D eigenvalue weighted by molar-refractivity contribution is -0.120. The average Bonchev–Trinajstić information content (AvgIpc) is 2.69. The molecule has 0 saturated heterocycles. The average molecular weight is 365 g/mol. The Bertz CT molecular complexity index is 691. The summed E-state index contributed by atoms with van der Waals surface area (Å²) in [5, 5.41) is 3.15. The molecule has 0 spiro atoms. The van der Waals surface area contributed by atoms with Gasteiger partial charge in [0.05, 0.1) is 6.42 Å². The Hall–Kier alpha value is -2.13. The van der Waals surface area contributed by atoms with Crippen molar-refractivity contribution in [2.75, 3.05) is 20.6 Å². The first-order valence-corrected chi connectivity index (χ1v) is 10.2. The Labute approximate surface area is 163 Å². The Kier molecular flexibility index (Phi) is 7.05. The van der Waals surface area contributed by atoms with Gasteiger partial charge in [0.25, 0.3) is 0 Å². The Balaban J connectivity index is 1.46. The zero-order valence-corrected chi connectivity index (χ0v) is 16.6. The Morgan fingerprint density at radius 1 is 0.963 bits per heavy atom. The van der Waals surface area contributed by atoms with Crippen molar-refractivity contribution < 1.29 is 4.79 Å². The third kappa shape index (κ3) is 5.67. The summed E-state index contributed by atoms with van der Waals surface area (Å²) in [6, 6.07) is 21.3. The molecular weight excluding hydrogens is 332 g/mol. The van der Waals surface area contributed by atoms with Gasteiger partial charge < -0.3 is 10.2 Å². The molecule has 1 unspecified atom stereocenters. The van der Waals surface area contributed by atoms with Crippen molar-refractivity contribution in [2.45, 2.75) is 38.1 Å². The molecule has 0 aliphatic heterocycles. The number of carbonyl (C=O) groups is 1. The monoisotopic (exact) mass is 364 g/mol. The van der Waals surface area contributed by atoms with E-state index in [9.17, 15) is 4.79 Å². The quantitative estimate of drug-likeness (QED) is 0.787. The van der Waals surface area contributed by atoms with Gasteiger partial charge in [-0.05, 0) is 62.7 Å². The van der Waals surface area contributed by atoms with Crippen LogP contribution in [-0.2, 0) is 11.2 Å². The zero-order chi connectivity index (χ0) is 19.1. The predicted molar refractivity (Wildman–Crippen MR) is 111 cm³/mol. The summed E-state index contributed by atoms with van der Waals surface area (Å²) < 4.78 is 0. The van der Waals surface area contributed by atoms with Crippen LogP contribution in [0.3, 0.4) is 0 Å². The fraction of sp³-hybridized carbons (Fsp3) is 0.458.